The summed E-state index contributed by atoms with van der Waals surface area (Å²) >= 11 is 7.20. The summed E-state index contributed by atoms with van der Waals surface area (Å²) in [6.45, 7) is 6.25. The van der Waals surface area contributed by atoms with E-state index in [2.05, 4.69) is 25.5 Å². The summed E-state index contributed by atoms with van der Waals surface area (Å²) in [5.41, 5.74) is 1.25. The molecule has 35 heavy (non-hydrogen) atoms. The number of carbonyl (C=O) groups is 2. The van der Waals surface area contributed by atoms with Crippen LogP contribution in [0.4, 0.5) is 21.4 Å². The van der Waals surface area contributed by atoms with Gasteiger partial charge in [-0.3, -0.25) is 15.0 Å². The van der Waals surface area contributed by atoms with E-state index in [1.54, 1.807) is 37.1 Å². The predicted octanol–water partition coefficient (Wildman–Crippen LogP) is 3.49. The number of aromatic nitrogens is 2. The molecule has 1 aromatic carbocycles. The van der Waals surface area contributed by atoms with Crippen molar-refractivity contribution in [1.82, 2.24) is 25.1 Å². The summed E-state index contributed by atoms with van der Waals surface area (Å²) in [5.74, 6) is 0.805. The lowest BCUT2D eigenvalue weighted by molar-refractivity contribution is -0.130. The highest BCUT2D eigenvalue weighted by Gasteiger charge is 2.18. The van der Waals surface area contributed by atoms with E-state index < -0.39 is 0 Å². The van der Waals surface area contributed by atoms with Gasteiger partial charge in [-0.25, -0.2) is 14.8 Å². The molecule has 10 nitrogen and oxygen atoms in total. The van der Waals surface area contributed by atoms with Gasteiger partial charge in [-0.1, -0.05) is 22.9 Å². The third-order valence-corrected chi connectivity index (χ3v) is 6.97. The third kappa shape index (κ3) is 6.30. The minimum atomic E-state index is -0.311. The molecule has 0 spiro atoms. The van der Waals surface area contributed by atoms with Gasteiger partial charge in [0.05, 0.1) is 5.69 Å². The summed E-state index contributed by atoms with van der Waals surface area (Å²) in [4.78, 5) is 39.4. The molecular weight excluding hydrogens is 490 g/mol. The number of rotatable bonds is 7. The van der Waals surface area contributed by atoms with Crippen LogP contribution in [0.25, 0.3) is 10.3 Å². The van der Waals surface area contributed by atoms with Crippen LogP contribution in [0, 0.1) is 0 Å². The summed E-state index contributed by atoms with van der Waals surface area (Å²) in [7, 11) is 1.80. The van der Waals surface area contributed by atoms with Crippen molar-refractivity contribution in [1.29, 1.82) is 0 Å². The normalized spacial score (nSPS) is 14.2. The van der Waals surface area contributed by atoms with Crippen LogP contribution in [0.3, 0.4) is 0 Å². The van der Waals surface area contributed by atoms with E-state index in [1.165, 1.54) is 17.4 Å². The molecule has 1 aliphatic heterocycles. The number of pyridine rings is 1. The first kappa shape index (κ1) is 25.0. The van der Waals surface area contributed by atoms with Crippen LogP contribution in [0.15, 0.2) is 30.3 Å². The number of amides is 3. The molecule has 0 aliphatic carbocycles. The van der Waals surface area contributed by atoms with Gasteiger partial charge in [0, 0.05) is 57.8 Å². The molecule has 0 unspecified atom stereocenters. The van der Waals surface area contributed by atoms with Gasteiger partial charge < -0.3 is 20.2 Å². The lowest BCUT2D eigenvalue weighted by Gasteiger charge is -2.34. The molecular formula is C23H28ClN7O3S. The summed E-state index contributed by atoms with van der Waals surface area (Å²) in [5, 5.41) is 16.7. The number of anilines is 3. The van der Waals surface area contributed by atoms with Crippen molar-refractivity contribution in [2.24, 2.45) is 0 Å². The van der Waals surface area contributed by atoms with Crippen LogP contribution in [0.5, 0.6) is 5.75 Å². The van der Waals surface area contributed by atoms with Crippen LogP contribution in [-0.2, 0) is 4.79 Å². The number of benzene rings is 1. The maximum absolute atomic E-state index is 12.3. The monoisotopic (exact) mass is 517 g/mol. The van der Waals surface area contributed by atoms with Gasteiger partial charge in [-0.15, -0.1) is 0 Å². The molecule has 0 radical (unpaired) electrons. The molecule has 1 fully saturated rings. The van der Waals surface area contributed by atoms with E-state index >= 15 is 0 Å². The van der Waals surface area contributed by atoms with Crippen molar-refractivity contribution in [3.05, 3.63) is 35.4 Å². The highest BCUT2D eigenvalue weighted by Crippen LogP contribution is 2.34. The first-order chi connectivity index (χ1) is 16.8. The SMILES string of the molecule is CC(=O)N1CCN(CCCNC(=O)Nc2nc3ccc(N(C)c4ccc(Cl)cc4O)nc3s2)CC1. The van der Waals surface area contributed by atoms with E-state index in [1.807, 2.05) is 11.0 Å². The van der Waals surface area contributed by atoms with Crippen molar-refractivity contribution >= 4 is 61.9 Å². The van der Waals surface area contributed by atoms with Gasteiger partial charge >= 0.3 is 6.03 Å². The van der Waals surface area contributed by atoms with Crippen LogP contribution in [0.2, 0.25) is 5.02 Å². The number of thiazole rings is 1. The Morgan fingerprint density at radius 1 is 1.17 bits per heavy atom. The topological polar surface area (TPSA) is 114 Å². The fourth-order valence-electron chi connectivity index (χ4n) is 3.88. The third-order valence-electron chi connectivity index (χ3n) is 5.86. The molecule has 2 aromatic heterocycles. The molecule has 12 heteroatoms. The number of aromatic hydroxyl groups is 1. The molecule has 3 aromatic rings. The van der Waals surface area contributed by atoms with Crippen LogP contribution in [0.1, 0.15) is 13.3 Å². The second-order valence-corrected chi connectivity index (χ2v) is 9.70. The number of hydrogen-bond donors (Lipinski definition) is 3. The summed E-state index contributed by atoms with van der Waals surface area (Å²) in [6.07, 6.45) is 0.822. The number of phenols is 1. The molecule has 1 saturated heterocycles. The van der Waals surface area contributed by atoms with Crippen LogP contribution >= 0.6 is 22.9 Å². The van der Waals surface area contributed by atoms with Crippen molar-refractivity contribution in [3.8, 4) is 5.75 Å². The van der Waals surface area contributed by atoms with Crippen molar-refractivity contribution in [3.63, 3.8) is 0 Å². The molecule has 3 amide bonds. The van der Waals surface area contributed by atoms with E-state index in [9.17, 15) is 14.7 Å². The number of nitrogens with one attached hydrogen (secondary N) is 2. The van der Waals surface area contributed by atoms with Crippen LogP contribution < -0.4 is 15.5 Å². The second-order valence-electron chi connectivity index (χ2n) is 8.29. The molecule has 0 bridgehead atoms. The number of fused-ring (bicyclic) bond motifs is 1. The second kappa shape index (κ2) is 11.1. The van der Waals surface area contributed by atoms with Crippen molar-refractivity contribution < 1.29 is 14.7 Å². The highest BCUT2D eigenvalue weighted by molar-refractivity contribution is 7.22. The maximum atomic E-state index is 12.3. The first-order valence-corrected chi connectivity index (χ1v) is 12.5. The number of phenolic OH excluding ortho intramolecular Hbond substituents is 1. The highest BCUT2D eigenvalue weighted by atomic mass is 35.5. The molecule has 4 rings (SSSR count). The van der Waals surface area contributed by atoms with E-state index in [-0.39, 0.29) is 17.7 Å². The van der Waals surface area contributed by atoms with Gasteiger partial charge in [0.15, 0.2) is 5.13 Å². The average molecular weight is 518 g/mol. The molecule has 3 heterocycles. The zero-order valence-electron chi connectivity index (χ0n) is 19.6. The number of nitrogens with zero attached hydrogens (tertiary/aromatic N) is 5. The standard InChI is InChI=1S/C23H28ClN7O3S/c1-15(32)31-12-10-30(11-13-31)9-3-8-25-22(34)28-23-26-17-5-7-20(27-21(17)35-23)29(2)18-6-4-16(24)14-19(18)33/h4-7,14,33H,3,8-13H2,1-2H3,(H2,25,26,28,34). The molecule has 1 aliphatic rings. The Morgan fingerprint density at radius 2 is 1.94 bits per heavy atom. The Balaban J connectivity index is 1.27. The van der Waals surface area contributed by atoms with Gasteiger partial charge in [0.25, 0.3) is 0 Å². The van der Waals surface area contributed by atoms with Gasteiger partial charge in [0.2, 0.25) is 5.91 Å². The smallest absolute Gasteiger partial charge is 0.321 e. The zero-order valence-corrected chi connectivity index (χ0v) is 21.2. The fourth-order valence-corrected chi connectivity index (χ4v) is 4.88. The Hall–Kier alpha value is -3.15. The van der Waals surface area contributed by atoms with Crippen LogP contribution in [-0.4, -0.2) is 83.1 Å². The number of urea groups is 1. The number of hydrogen-bond acceptors (Lipinski definition) is 8. The van der Waals surface area contributed by atoms with E-state index in [0.717, 1.165) is 39.1 Å². The van der Waals surface area contributed by atoms with E-state index in [0.29, 0.717) is 38.6 Å². The number of carbonyl (C=O) groups excluding carboxylic acids is 2. The lowest BCUT2D eigenvalue weighted by Crippen LogP contribution is -2.48. The van der Waals surface area contributed by atoms with Gasteiger partial charge in [-0.2, -0.15) is 0 Å². The minimum absolute atomic E-state index is 0.0588. The first-order valence-electron chi connectivity index (χ1n) is 11.3. The molecule has 0 saturated carbocycles. The quantitative estimate of drug-likeness (QED) is 0.411. The Morgan fingerprint density at radius 3 is 2.66 bits per heavy atom. The Bertz CT molecular complexity index is 1210. The number of piperazine rings is 1. The average Bonchev–Trinajstić information content (AvgIpc) is 3.23. The Labute approximate surface area is 212 Å². The van der Waals surface area contributed by atoms with E-state index in [4.69, 9.17) is 11.6 Å². The summed E-state index contributed by atoms with van der Waals surface area (Å²) in [6, 6.07) is 8.22. The number of halogens is 1. The summed E-state index contributed by atoms with van der Waals surface area (Å²) < 4.78 is 0. The molecule has 186 valence electrons. The largest absolute Gasteiger partial charge is 0.506 e. The van der Waals surface area contributed by atoms with Gasteiger partial charge in [-0.05, 0) is 37.2 Å². The lowest BCUT2D eigenvalue weighted by atomic mass is 10.2. The van der Waals surface area contributed by atoms with Crippen molar-refractivity contribution in [2.75, 3.05) is 56.5 Å². The fraction of sp³-hybridized carbons (Fsp3) is 0.391. The Kier molecular flexibility index (Phi) is 7.89. The predicted molar refractivity (Wildman–Crippen MR) is 139 cm³/mol. The van der Waals surface area contributed by atoms with Crippen molar-refractivity contribution in [2.45, 2.75) is 13.3 Å². The molecule has 0 atom stereocenters. The minimum Gasteiger partial charge on any atom is -0.506 e. The zero-order chi connectivity index (χ0) is 24.9. The molecule has 3 N–H and O–H groups in total. The van der Waals surface area contributed by atoms with Gasteiger partial charge in [0.1, 0.15) is 21.9 Å². The maximum Gasteiger partial charge on any atom is 0.321 e.